The molecule has 170 valence electrons. The Labute approximate surface area is 188 Å². The molecule has 0 radical (unpaired) electrons. The van der Waals surface area contributed by atoms with Crippen molar-refractivity contribution in [2.45, 2.75) is 37.8 Å². The SMILES string of the molecule is CN1CCN(C(=O)N[C@@H]2CCC[C@@H](NC(=O)c3ccc(-c4cccc(F)c4)nc3)C2)CC1. The third kappa shape index (κ3) is 5.62. The quantitative estimate of drug-likeness (QED) is 0.768. The summed E-state index contributed by atoms with van der Waals surface area (Å²) in [5.74, 6) is -0.503. The van der Waals surface area contributed by atoms with Crippen LogP contribution in [0.4, 0.5) is 9.18 Å². The van der Waals surface area contributed by atoms with Crippen molar-refractivity contribution >= 4 is 11.9 Å². The minimum atomic E-state index is -0.322. The van der Waals surface area contributed by atoms with Crippen molar-refractivity contribution in [1.82, 2.24) is 25.4 Å². The van der Waals surface area contributed by atoms with Crippen LogP contribution in [0.3, 0.4) is 0 Å². The predicted octanol–water partition coefficient (Wildman–Crippen LogP) is 2.89. The number of aromatic nitrogens is 1. The lowest BCUT2D eigenvalue weighted by molar-refractivity contribution is 0.0922. The van der Waals surface area contributed by atoms with Crippen molar-refractivity contribution in [3.8, 4) is 11.3 Å². The lowest BCUT2D eigenvalue weighted by Gasteiger charge is -2.35. The molecule has 1 saturated carbocycles. The van der Waals surface area contributed by atoms with Gasteiger partial charge in [-0.2, -0.15) is 0 Å². The zero-order valence-corrected chi connectivity index (χ0v) is 18.4. The maximum absolute atomic E-state index is 13.4. The van der Waals surface area contributed by atoms with Crippen molar-refractivity contribution in [3.05, 3.63) is 54.0 Å². The van der Waals surface area contributed by atoms with Gasteiger partial charge >= 0.3 is 6.03 Å². The maximum Gasteiger partial charge on any atom is 0.317 e. The summed E-state index contributed by atoms with van der Waals surface area (Å²) in [6.07, 6.45) is 5.01. The Morgan fingerprint density at radius 2 is 1.78 bits per heavy atom. The number of rotatable bonds is 4. The van der Waals surface area contributed by atoms with Crippen molar-refractivity contribution in [1.29, 1.82) is 0 Å². The number of likely N-dealkylation sites (N-methyl/N-ethyl adjacent to an activating group) is 1. The van der Waals surface area contributed by atoms with E-state index in [0.717, 1.165) is 51.9 Å². The van der Waals surface area contributed by atoms with E-state index in [4.69, 9.17) is 0 Å². The number of amides is 3. The number of carbonyl (C=O) groups is 2. The number of nitrogens with zero attached hydrogens (tertiary/aromatic N) is 3. The zero-order valence-electron chi connectivity index (χ0n) is 18.4. The number of hydrogen-bond acceptors (Lipinski definition) is 4. The number of pyridine rings is 1. The van der Waals surface area contributed by atoms with Gasteiger partial charge in [-0.3, -0.25) is 9.78 Å². The van der Waals surface area contributed by atoms with E-state index in [1.54, 1.807) is 24.3 Å². The largest absolute Gasteiger partial charge is 0.349 e. The summed E-state index contributed by atoms with van der Waals surface area (Å²) in [7, 11) is 2.06. The van der Waals surface area contributed by atoms with Crippen LogP contribution >= 0.6 is 0 Å². The highest BCUT2D eigenvalue weighted by Crippen LogP contribution is 2.21. The van der Waals surface area contributed by atoms with Gasteiger partial charge in [0.05, 0.1) is 11.3 Å². The Morgan fingerprint density at radius 1 is 1.03 bits per heavy atom. The topological polar surface area (TPSA) is 77.6 Å². The Bertz CT molecular complexity index is 944. The molecule has 1 aliphatic carbocycles. The number of hydrogen-bond donors (Lipinski definition) is 2. The van der Waals surface area contributed by atoms with Crippen molar-refractivity contribution < 1.29 is 14.0 Å². The van der Waals surface area contributed by atoms with Crippen LogP contribution in [-0.2, 0) is 0 Å². The number of piperazine rings is 1. The molecule has 8 heteroatoms. The molecule has 1 aromatic heterocycles. The Hall–Kier alpha value is -3.00. The van der Waals surface area contributed by atoms with Crippen LogP contribution in [0.5, 0.6) is 0 Å². The maximum atomic E-state index is 13.4. The van der Waals surface area contributed by atoms with Crippen LogP contribution in [0.2, 0.25) is 0 Å². The van der Waals surface area contributed by atoms with Gasteiger partial charge < -0.3 is 20.4 Å². The fourth-order valence-corrected chi connectivity index (χ4v) is 4.34. The molecule has 4 rings (SSSR count). The van der Waals surface area contributed by atoms with Crippen molar-refractivity contribution in [2.75, 3.05) is 33.2 Å². The molecule has 3 amide bonds. The standard InChI is InChI=1S/C24H30FN5O2/c1-29-10-12-30(13-11-29)24(32)28-21-7-3-6-20(15-21)27-23(31)18-8-9-22(26-16-18)17-4-2-5-19(25)14-17/h2,4-5,8-9,14,16,20-21H,3,6-7,10-13,15H2,1H3,(H,27,31)(H,28,32)/t20-,21-/m1/s1. The second-order valence-corrected chi connectivity index (χ2v) is 8.72. The summed E-state index contributed by atoms with van der Waals surface area (Å²) in [5, 5.41) is 6.23. The van der Waals surface area contributed by atoms with E-state index in [-0.39, 0.29) is 29.8 Å². The molecule has 2 N–H and O–H groups in total. The van der Waals surface area contributed by atoms with E-state index in [2.05, 4.69) is 27.6 Å². The molecule has 2 heterocycles. The highest BCUT2D eigenvalue weighted by Gasteiger charge is 2.27. The first-order valence-corrected chi connectivity index (χ1v) is 11.2. The number of carbonyl (C=O) groups excluding carboxylic acids is 2. The zero-order chi connectivity index (χ0) is 22.5. The molecule has 2 atom stereocenters. The third-order valence-electron chi connectivity index (χ3n) is 6.27. The normalized spacial score (nSPS) is 21.8. The average molecular weight is 440 g/mol. The minimum Gasteiger partial charge on any atom is -0.349 e. The smallest absolute Gasteiger partial charge is 0.317 e. The minimum absolute atomic E-state index is 0.00721. The highest BCUT2D eigenvalue weighted by atomic mass is 19.1. The summed E-state index contributed by atoms with van der Waals surface area (Å²) < 4.78 is 13.4. The Balaban J connectivity index is 1.29. The van der Waals surface area contributed by atoms with Crippen LogP contribution < -0.4 is 10.6 Å². The van der Waals surface area contributed by atoms with Crippen molar-refractivity contribution in [3.63, 3.8) is 0 Å². The molecule has 0 bridgehead atoms. The average Bonchev–Trinajstić information content (AvgIpc) is 2.80. The fraction of sp³-hybridized carbons (Fsp3) is 0.458. The van der Waals surface area contributed by atoms with Crippen LogP contribution in [0.25, 0.3) is 11.3 Å². The van der Waals surface area contributed by atoms with Gasteiger partial charge in [0.2, 0.25) is 0 Å². The summed E-state index contributed by atoms with van der Waals surface area (Å²) in [6, 6.07) is 9.72. The van der Waals surface area contributed by atoms with E-state index >= 15 is 0 Å². The summed E-state index contributed by atoms with van der Waals surface area (Å²) in [4.78, 5) is 33.7. The number of benzene rings is 1. The van der Waals surface area contributed by atoms with Crippen LogP contribution in [0.15, 0.2) is 42.6 Å². The molecule has 7 nitrogen and oxygen atoms in total. The van der Waals surface area contributed by atoms with Crippen LogP contribution in [0.1, 0.15) is 36.0 Å². The van der Waals surface area contributed by atoms with Gasteiger partial charge in [0.25, 0.3) is 5.91 Å². The molecule has 0 unspecified atom stereocenters. The van der Waals surface area contributed by atoms with Gasteiger partial charge in [0.1, 0.15) is 5.82 Å². The van der Waals surface area contributed by atoms with E-state index in [9.17, 15) is 14.0 Å². The van der Waals surface area contributed by atoms with Gasteiger partial charge in [-0.25, -0.2) is 9.18 Å². The van der Waals surface area contributed by atoms with Gasteiger partial charge in [0.15, 0.2) is 0 Å². The van der Waals surface area contributed by atoms with Crippen LogP contribution in [0, 0.1) is 5.82 Å². The van der Waals surface area contributed by atoms with Crippen molar-refractivity contribution in [2.24, 2.45) is 0 Å². The molecule has 1 aliphatic heterocycles. The summed E-state index contributed by atoms with van der Waals surface area (Å²) in [5.41, 5.74) is 1.75. The molecule has 1 saturated heterocycles. The molecule has 2 fully saturated rings. The number of nitrogens with one attached hydrogen (secondary N) is 2. The Morgan fingerprint density at radius 3 is 2.47 bits per heavy atom. The molecule has 1 aromatic carbocycles. The lowest BCUT2D eigenvalue weighted by atomic mass is 9.91. The summed E-state index contributed by atoms with van der Waals surface area (Å²) >= 11 is 0. The third-order valence-corrected chi connectivity index (χ3v) is 6.27. The molecule has 32 heavy (non-hydrogen) atoms. The first-order valence-electron chi connectivity index (χ1n) is 11.2. The second kappa shape index (κ2) is 10.1. The van der Waals surface area contributed by atoms with E-state index < -0.39 is 0 Å². The molecule has 0 spiro atoms. The highest BCUT2D eigenvalue weighted by molar-refractivity contribution is 5.94. The molecule has 2 aliphatic rings. The van der Waals surface area contributed by atoms with E-state index in [0.29, 0.717) is 16.8 Å². The first-order chi connectivity index (χ1) is 15.5. The monoisotopic (exact) mass is 439 g/mol. The van der Waals surface area contributed by atoms with Gasteiger partial charge in [0, 0.05) is 50.0 Å². The van der Waals surface area contributed by atoms with E-state index in [1.165, 1.54) is 18.3 Å². The lowest BCUT2D eigenvalue weighted by Crippen LogP contribution is -2.54. The van der Waals surface area contributed by atoms with Crippen LogP contribution in [-0.4, -0.2) is 72.0 Å². The molecular weight excluding hydrogens is 409 g/mol. The predicted molar refractivity (Wildman–Crippen MR) is 121 cm³/mol. The number of urea groups is 1. The fourth-order valence-electron chi connectivity index (χ4n) is 4.34. The Kier molecular flexibility index (Phi) is 6.99. The second-order valence-electron chi connectivity index (χ2n) is 8.72. The number of halogens is 1. The van der Waals surface area contributed by atoms with E-state index in [1.807, 2.05) is 4.90 Å². The summed E-state index contributed by atoms with van der Waals surface area (Å²) in [6.45, 7) is 3.27. The molecule has 2 aromatic rings. The molecular formula is C24H30FN5O2. The van der Waals surface area contributed by atoms with Gasteiger partial charge in [-0.05, 0) is 57.0 Å². The van der Waals surface area contributed by atoms with Gasteiger partial charge in [-0.15, -0.1) is 0 Å². The van der Waals surface area contributed by atoms with Gasteiger partial charge in [-0.1, -0.05) is 12.1 Å². The first kappa shape index (κ1) is 22.2.